The maximum atomic E-state index is 4.93. The Bertz CT molecular complexity index is 1210. The molecule has 0 N–H and O–H groups in total. The zero-order chi connectivity index (χ0) is 28.9. The Morgan fingerprint density at radius 1 is 0.585 bits per heavy atom. The Morgan fingerprint density at radius 2 is 0.976 bits per heavy atom. The van der Waals surface area contributed by atoms with E-state index < -0.39 is 20.8 Å². The average molecular weight is 657 g/mol. The monoisotopic (exact) mass is 654 g/mol. The number of benzene rings is 4. The second kappa shape index (κ2) is 17.1. The van der Waals surface area contributed by atoms with Crippen LogP contribution in [0.3, 0.4) is 0 Å². The summed E-state index contributed by atoms with van der Waals surface area (Å²) in [7, 11) is 9.87. The Morgan fingerprint density at radius 3 is 1.39 bits per heavy atom. The van der Waals surface area contributed by atoms with Crippen LogP contribution in [0.4, 0.5) is 0 Å². The first kappa shape index (κ1) is 31.8. The Hall–Kier alpha value is -2.18. The molecule has 3 heteroatoms. The van der Waals surface area contributed by atoms with E-state index >= 15 is 0 Å². The molecule has 0 heterocycles. The van der Waals surface area contributed by atoms with Crippen molar-refractivity contribution in [3.63, 3.8) is 0 Å². The minimum absolute atomic E-state index is 0.539. The van der Waals surface area contributed by atoms with Crippen molar-refractivity contribution in [2.24, 2.45) is 0 Å². The van der Waals surface area contributed by atoms with Gasteiger partial charge in [0.15, 0.2) is 0 Å². The fraction of sp³-hybridized carbons (Fsp3) is 0.263. The molecule has 0 fully saturated rings. The van der Waals surface area contributed by atoms with Gasteiger partial charge in [0, 0.05) is 0 Å². The van der Waals surface area contributed by atoms with Crippen LogP contribution in [0.25, 0.3) is 22.3 Å². The van der Waals surface area contributed by atoms with Crippen molar-refractivity contribution in [2.75, 3.05) is 0 Å². The number of rotatable bonds is 10. The molecule has 0 spiro atoms. The maximum absolute atomic E-state index is 4.93. The van der Waals surface area contributed by atoms with E-state index in [1.54, 1.807) is 0 Å². The average Bonchev–Trinajstić information content (AvgIpc) is 3.51. The molecule has 0 radical (unpaired) electrons. The number of unbranched alkanes of at least 4 members (excludes halogenated alkanes) is 4. The van der Waals surface area contributed by atoms with Crippen LogP contribution in [0.15, 0.2) is 110 Å². The van der Waals surface area contributed by atoms with E-state index in [-0.39, 0.29) is 0 Å². The summed E-state index contributed by atoms with van der Waals surface area (Å²) in [6.45, 7) is 7.59. The first-order valence-electron chi connectivity index (χ1n) is 14.6. The van der Waals surface area contributed by atoms with E-state index in [1.165, 1.54) is 83.0 Å². The molecular weight excluding hydrogens is 619 g/mol. The molecule has 2 unspecified atom stereocenters. The van der Waals surface area contributed by atoms with E-state index in [9.17, 15) is 0 Å². The summed E-state index contributed by atoms with van der Waals surface area (Å²) >= 11 is -0.826. The zero-order valence-corrected chi connectivity index (χ0v) is 27.7. The standard InChI is InChI=1S/2C19H19.2ClH.Zr/c2*1-2-3-4-5-10-15-16-11-6-8-13-18(16)19-14-9-7-12-17(15)19;;;/h2*2,6-9,11,13-15H,1,3-5,10H2;2*1H;/q2*-1;;;+4/p-2. The van der Waals surface area contributed by atoms with Gasteiger partial charge in [-0.25, -0.2) is 0 Å². The molecule has 2 atom stereocenters. The van der Waals surface area contributed by atoms with Gasteiger partial charge in [0.2, 0.25) is 0 Å². The third kappa shape index (κ3) is 8.01. The molecule has 41 heavy (non-hydrogen) atoms. The fourth-order valence-corrected chi connectivity index (χ4v) is 6.22. The topological polar surface area (TPSA) is 0 Å². The molecule has 0 saturated carbocycles. The summed E-state index contributed by atoms with van der Waals surface area (Å²) in [4.78, 5) is 0. The van der Waals surface area contributed by atoms with Crippen molar-refractivity contribution in [2.45, 2.75) is 63.2 Å². The van der Waals surface area contributed by atoms with Gasteiger partial charge in [0.25, 0.3) is 0 Å². The summed E-state index contributed by atoms with van der Waals surface area (Å²) in [5.74, 6) is 1.08. The van der Waals surface area contributed by atoms with Crippen molar-refractivity contribution in [3.05, 3.63) is 145 Å². The number of hydrogen-bond donors (Lipinski definition) is 0. The van der Waals surface area contributed by atoms with Gasteiger partial charge in [-0.2, -0.15) is 48.5 Å². The SMILES string of the molecule is C=CCCCCC1c2[c-]cccc2-c2ccccc21.C=CCCCCC1c2[c-]cccc2-c2ccccc21.[Cl][Zr+2][Cl]. The summed E-state index contributed by atoms with van der Waals surface area (Å²) in [6, 6.07) is 37.3. The molecule has 4 aromatic carbocycles. The van der Waals surface area contributed by atoms with Crippen LogP contribution in [-0.2, 0) is 20.8 Å². The van der Waals surface area contributed by atoms with Gasteiger partial charge in [-0.3, -0.25) is 0 Å². The zero-order valence-electron chi connectivity index (χ0n) is 23.7. The van der Waals surface area contributed by atoms with E-state index in [4.69, 9.17) is 17.0 Å². The molecule has 0 bridgehead atoms. The molecule has 0 saturated heterocycles. The van der Waals surface area contributed by atoms with Gasteiger partial charge in [-0.15, -0.1) is 35.4 Å². The Kier molecular flexibility index (Phi) is 13.2. The van der Waals surface area contributed by atoms with Gasteiger partial charge in [0.05, 0.1) is 0 Å². The molecule has 6 rings (SSSR count). The summed E-state index contributed by atoms with van der Waals surface area (Å²) in [5, 5.41) is 0. The van der Waals surface area contributed by atoms with Gasteiger partial charge >= 0.3 is 37.9 Å². The molecule has 0 aromatic heterocycles. The first-order chi connectivity index (χ1) is 20.2. The molecule has 0 nitrogen and oxygen atoms in total. The summed E-state index contributed by atoms with van der Waals surface area (Å²) in [5.41, 5.74) is 11.3. The Labute approximate surface area is 266 Å². The van der Waals surface area contributed by atoms with Crippen molar-refractivity contribution in [1.29, 1.82) is 0 Å². The predicted molar refractivity (Wildman–Crippen MR) is 174 cm³/mol. The summed E-state index contributed by atoms with van der Waals surface area (Å²) in [6.07, 6.45) is 13.7. The predicted octanol–water partition coefficient (Wildman–Crippen LogP) is 12.1. The molecule has 0 amide bonds. The van der Waals surface area contributed by atoms with Crippen LogP contribution in [0, 0.1) is 12.1 Å². The van der Waals surface area contributed by atoms with Crippen LogP contribution < -0.4 is 0 Å². The number of halogens is 2. The van der Waals surface area contributed by atoms with Crippen LogP contribution >= 0.6 is 17.0 Å². The quantitative estimate of drug-likeness (QED) is 0.0905. The van der Waals surface area contributed by atoms with Crippen LogP contribution in [0.2, 0.25) is 0 Å². The number of fused-ring (bicyclic) bond motifs is 6. The van der Waals surface area contributed by atoms with Gasteiger partial charge in [0.1, 0.15) is 0 Å². The van der Waals surface area contributed by atoms with Gasteiger partial charge < -0.3 is 0 Å². The van der Waals surface area contributed by atoms with Crippen LogP contribution in [0.5, 0.6) is 0 Å². The molecule has 2 aliphatic rings. The van der Waals surface area contributed by atoms with Crippen molar-refractivity contribution in [1.82, 2.24) is 0 Å². The van der Waals surface area contributed by atoms with Gasteiger partial charge in [-0.1, -0.05) is 84.7 Å². The van der Waals surface area contributed by atoms with Crippen molar-refractivity contribution in [3.8, 4) is 22.3 Å². The second-order valence-corrected chi connectivity index (χ2v) is 14.2. The minimum atomic E-state index is -0.826. The van der Waals surface area contributed by atoms with Crippen LogP contribution in [0.1, 0.15) is 85.5 Å². The van der Waals surface area contributed by atoms with Gasteiger partial charge in [-0.05, 0) is 61.5 Å². The molecule has 0 aliphatic heterocycles. The third-order valence-corrected chi connectivity index (χ3v) is 8.03. The van der Waals surface area contributed by atoms with E-state index in [0.717, 1.165) is 12.8 Å². The summed E-state index contributed by atoms with van der Waals surface area (Å²) < 4.78 is 0. The van der Waals surface area contributed by atoms with E-state index in [1.807, 2.05) is 24.3 Å². The first-order valence-corrected chi connectivity index (χ1v) is 21.0. The van der Waals surface area contributed by atoms with Crippen LogP contribution in [-0.4, -0.2) is 0 Å². The fourth-order valence-electron chi connectivity index (χ4n) is 6.22. The third-order valence-electron chi connectivity index (χ3n) is 8.03. The Balaban J connectivity index is 0.000000173. The molecular formula is C38H38Cl2Zr. The number of allylic oxidation sites excluding steroid dienone is 2. The second-order valence-electron chi connectivity index (χ2n) is 10.5. The van der Waals surface area contributed by atoms with E-state index in [2.05, 4.69) is 98.1 Å². The van der Waals surface area contributed by atoms with Crippen molar-refractivity contribution >= 4 is 17.0 Å². The molecule has 4 aromatic rings. The van der Waals surface area contributed by atoms with Crippen molar-refractivity contribution < 1.29 is 20.8 Å². The molecule has 208 valence electrons. The molecule has 2 aliphatic carbocycles. The van der Waals surface area contributed by atoms with E-state index in [0.29, 0.717) is 11.8 Å². The number of hydrogen-bond acceptors (Lipinski definition) is 0. The normalized spacial score (nSPS) is 15.0.